The molecule has 1 amide bonds. The molecule has 1 atom stereocenters. The number of β-amino-alcohol motifs (C(OH)–C–C–N with tert-alkyl or cyclic N) is 1. The maximum Gasteiger partial charge on any atom is 0.255 e. The molecule has 4 rings (SSSR count). The molecule has 1 aromatic heterocycles. The highest BCUT2D eigenvalue weighted by Crippen LogP contribution is 2.17. The lowest BCUT2D eigenvalue weighted by molar-refractivity contribution is 0.0651. The molecular formula is C24H33N5O2. The van der Waals surface area contributed by atoms with E-state index in [2.05, 4.69) is 25.0 Å². The van der Waals surface area contributed by atoms with Crippen molar-refractivity contribution in [1.82, 2.24) is 14.8 Å². The predicted molar refractivity (Wildman–Crippen MR) is 124 cm³/mol. The van der Waals surface area contributed by atoms with Crippen molar-refractivity contribution in [2.75, 3.05) is 62.6 Å². The molecule has 166 valence electrons. The van der Waals surface area contributed by atoms with Gasteiger partial charge in [0.25, 0.3) is 5.91 Å². The molecule has 2 aliphatic heterocycles. The summed E-state index contributed by atoms with van der Waals surface area (Å²) in [4.78, 5) is 23.8. The van der Waals surface area contributed by atoms with Gasteiger partial charge in [0.05, 0.1) is 18.0 Å². The number of aliphatic hydroxyl groups excluding tert-OH is 1. The molecule has 7 heteroatoms. The number of amides is 1. The summed E-state index contributed by atoms with van der Waals surface area (Å²) in [5.41, 5.74) is 1.32. The third-order valence-corrected chi connectivity index (χ3v) is 6.12. The zero-order chi connectivity index (χ0) is 21.5. The Bertz CT molecular complexity index is 816. The molecule has 0 bridgehead atoms. The molecular weight excluding hydrogens is 390 g/mol. The summed E-state index contributed by atoms with van der Waals surface area (Å²) in [5, 5.41) is 13.4. The van der Waals surface area contributed by atoms with E-state index in [0.29, 0.717) is 11.3 Å². The molecule has 0 saturated carbocycles. The van der Waals surface area contributed by atoms with Gasteiger partial charge in [0.15, 0.2) is 0 Å². The van der Waals surface area contributed by atoms with E-state index in [1.165, 1.54) is 19.3 Å². The van der Waals surface area contributed by atoms with Crippen LogP contribution in [0.15, 0.2) is 48.7 Å². The molecule has 31 heavy (non-hydrogen) atoms. The van der Waals surface area contributed by atoms with Crippen LogP contribution in [-0.2, 0) is 0 Å². The number of rotatable bonds is 7. The molecule has 2 aliphatic rings. The molecule has 1 aromatic carbocycles. The second-order valence-corrected chi connectivity index (χ2v) is 8.53. The topological polar surface area (TPSA) is 71.9 Å². The van der Waals surface area contributed by atoms with Crippen molar-refractivity contribution in [3.8, 4) is 0 Å². The average Bonchev–Trinajstić information content (AvgIpc) is 2.81. The summed E-state index contributed by atoms with van der Waals surface area (Å²) in [6.45, 7) is 7.39. The lowest BCUT2D eigenvalue weighted by Gasteiger charge is -2.37. The number of hydrogen-bond donors (Lipinski definition) is 2. The quantitative estimate of drug-likeness (QED) is 0.712. The molecule has 0 radical (unpaired) electrons. The van der Waals surface area contributed by atoms with Gasteiger partial charge in [0, 0.05) is 44.8 Å². The van der Waals surface area contributed by atoms with Crippen molar-refractivity contribution >= 4 is 17.4 Å². The average molecular weight is 424 g/mol. The molecule has 0 spiro atoms. The number of aromatic nitrogens is 1. The van der Waals surface area contributed by atoms with Crippen LogP contribution in [0.5, 0.6) is 0 Å². The van der Waals surface area contributed by atoms with E-state index in [1.807, 2.05) is 30.3 Å². The zero-order valence-corrected chi connectivity index (χ0v) is 18.1. The van der Waals surface area contributed by atoms with Crippen molar-refractivity contribution in [3.05, 3.63) is 54.2 Å². The number of nitrogens with zero attached hydrogens (tertiary/aromatic N) is 4. The van der Waals surface area contributed by atoms with Crippen molar-refractivity contribution < 1.29 is 9.90 Å². The molecule has 0 aliphatic carbocycles. The maximum absolute atomic E-state index is 12.3. The Morgan fingerprint density at radius 1 is 0.903 bits per heavy atom. The number of anilines is 2. The number of benzene rings is 1. The Morgan fingerprint density at radius 2 is 1.58 bits per heavy atom. The molecule has 2 saturated heterocycles. The van der Waals surface area contributed by atoms with Gasteiger partial charge in [-0.3, -0.25) is 9.69 Å². The van der Waals surface area contributed by atoms with Crippen LogP contribution >= 0.6 is 0 Å². The van der Waals surface area contributed by atoms with Gasteiger partial charge in [0.1, 0.15) is 5.82 Å². The van der Waals surface area contributed by atoms with Crippen molar-refractivity contribution in [2.45, 2.75) is 25.4 Å². The number of likely N-dealkylation sites (tertiary alicyclic amines) is 1. The highest BCUT2D eigenvalue weighted by molar-refractivity contribution is 6.04. The fraction of sp³-hybridized carbons (Fsp3) is 0.500. The first-order valence-electron chi connectivity index (χ1n) is 11.4. The largest absolute Gasteiger partial charge is 0.390 e. The summed E-state index contributed by atoms with van der Waals surface area (Å²) in [6.07, 6.45) is 5.27. The molecule has 1 unspecified atom stereocenters. The van der Waals surface area contributed by atoms with Crippen LogP contribution in [0.25, 0.3) is 0 Å². The first kappa shape index (κ1) is 21.7. The van der Waals surface area contributed by atoms with Gasteiger partial charge < -0.3 is 20.2 Å². The third-order valence-electron chi connectivity index (χ3n) is 6.12. The van der Waals surface area contributed by atoms with Crippen molar-refractivity contribution in [3.63, 3.8) is 0 Å². The molecule has 2 aromatic rings. The van der Waals surface area contributed by atoms with Crippen LogP contribution in [0, 0.1) is 0 Å². The number of piperidine rings is 1. The van der Waals surface area contributed by atoms with Crippen LogP contribution in [0.3, 0.4) is 0 Å². The fourth-order valence-electron chi connectivity index (χ4n) is 4.40. The van der Waals surface area contributed by atoms with E-state index in [0.717, 1.165) is 58.2 Å². The van der Waals surface area contributed by atoms with E-state index >= 15 is 0 Å². The summed E-state index contributed by atoms with van der Waals surface area (Å²) in [6, 6.07) is 13.0. The number of nitrogens with one attached hydrogen (secondary N) is 1. The van der Waals surface area contributed by atoms with Gasteiger partial charge in [0.2, 0.25) is 0 Å². The number of piperazine rings is 1. The highest BCUT2D eigenvalue weighted by atomic mass is 16.3. The number of hydrogen-bond acceptors (Lipinski definition) is 6. The molecule has 2 fully saturated rings. The van der Waals surface area contributed by atoms with E-state index in [9.17, 15) is 9.90 Å². The normalized spacial score (nSPS) is 19.2. The van der Waals surface area contributed by atoms with Gasteiger partial charge in [-0.05, 0) is 50.2 Å². The Balaban J connectivity index is 1.22. The first-order chi connectivity index (χ1) is 15.2. The molecule has 2 N–H and O–H groups in total. The summed E-state index contributed by atoms with van der Waals surface area (Å²) >= 11 is 0. The van der Waals surface area contributed by atoms with Crippen molar-refractivity contribution in [2.24, 2.45) is 0 Å². The van der Waals surface area contributed by atoms with Crippen LogP contribution in [-0.4, -0.2) is 84.3 Å². The van der Waals surface area contributed by atoms with Gasteiger partial charge in [-0.1, -0.05) is 24.6 Å². The van der Waals surface area contributed by atoms with Gasteiger partial charge in [-0.25, -0.2) is 4.98 Å². The number of carbonyl (C=O) groups is 1. The van der Waals surface area contributed by atoms with Crippen LogP contribution in [0.2, 0.25) is 0 Å². The first-order valence-corrected chi connectivity index (χ1v) is 11.4. The van der Waals surface area contributed by atoms with Crippen LogP contribution in [0.1, 0.15) is 29.6 Å². The smallest absolute Gasteiger partial charge is 0.255 e. The Hall–Kier alpha value is -2.48. The summed E-state index contributed by atoms with van der Waals surface area (Å²) < 4.78 is 0. The van der Waals surface area contributed by atoms with Crippen LogP contribution < -0.4 is 10.2 Å². The fourth-order valence-corrected chi connectivity index (χ4v) is 4.40. The Kier molecular flexibility index (Phi) is 7.51. The van der Waals surface area contributed by atoms with Gasteiger partial charge >= 0.3 is 0 Å². The van der Waals surface area contributed by atoms with Crippen molar-refractivity contribution in [1.29, 1.82) is 0 Å². The number of aliphatic hydroxyl groups is 1. The van der Waals surface area contributed by atoms with E-state index in [-0.39, 0.29) is 12.0 Å². The molecule has 3 heterocycles. The summed E-state index contributed by atoms with van der Waals surface area (Å²) in [5.74, 6) is 0.790. The van der Waals surface area contributed by atoms with E-state index < -0.39 is 0 Å². The maximum atomic E-state index is 12.3. The number of carbonyl (C=O) groups excluding carboxylic acids is 1. The minimum atomic E-state index is -0.282. The van der Waals surface area contributed by atoms with E-state index in [4.69, 9.17) is 0 Å². The monoisotopic (exact) mass is 423 g/mol. The highest BCUT2D eigenvalue weighted by Gasteiger charge is 2.22. The Labute approximate surface area is 184 Å². The second-order valence-electron chi connectivity index (χ2n) is 8.53. The second kappa shape index (κ2) is 10.7. The van der Waals surface area contributed by atoms with Gasteiger partial charge in [-0.15, -0.1) is 0 Å². The lowest BCUT2D eigenvalue weighted by Crippen LogP contribution is -2.50. The van der Waals surface area contributed by atoms with Gasteiger partial charge in [-0.2, -0.15) is 0 Å². The minimum Gasteiger partial charge on any atom is -0.390 e. The predicted octanol–water partition coefficient (Wildman–Crippen LogP) is 2.30. The minimum absolute atomic E-state index is 0.133. The number of pyridine rings is 1. The SMILES string of the molecule is O=C(Nc1ccc(N2CCN(CC(O)CN3CCCCC3)CC2)nc1)c1ccccc1. The third kappa shape index (κ3) is 6.26. The lowest BCUT2D eigenvalue weighted by atomic mass is 10.1. The zero-order valence-electron chi connectivity index (χ0n) is 18.1. The van der Waals surface area contributed by atoms with E-state index in [1.54, 1.807) is 18.3 Å². The summed E-state index contributed by atoms with van der Waals surface area (Å²) in [7, 11) is 0. The standard InChI is InChI=1S/C24H33N5O2/c30-22(18-27-11-5-2-6-12-27)19-28-13-15-29(16-14-28)23-10-9-21(17-25-23)26-24(31)20-7-3-1-4-8-20/h1,3-4,7-10,17,22,30H,2,5-6,11-16,18-19H2,(H,26,31). The van der Waals surface area contributed by atoms with Crippen LogP contribution in [0.4, 0.5) is 11.5 Å². The molecule has 7 nitrogen and oxygen atoms in total. The Morgan fingerprint density at radius 3 is 2.23 bits per heavy atom.